The quantitative estimate of drug-likeness (QED) is 0.694. The van der Waals surface area contributed by atoms with Crippen LogP contribution in [0, 0.1) is 0 Å². The van der Waals surface area contributed by atoms with Crippen molar-refractivity contribution in [3.8, 4) is 0 Å². The fourth-order valence-corrected chi connectivity index (χ4v) is 6.40. The molecule has 7 heteroatoms. The second kappa shape index (κ2) is 9.18. The largest absolute Gasteiger partial charge is 0.480 e. The van der Waals surface area contributed by atoms with Crippen LogP contribution >= 0.6 is 0 Å². The lowest BCUT2D eigenvalue weighted by Gasteiger charge is -2.34. The van der Waals surface area contributed by atoms with E-state index in [1.807, 2.05) is 30.3 Å². The summed E-state index contributed by atoms with van der Waals surface area (Å²) in [5, 5.41) is 9.69. The third kappa shape index (κ3) is 4.65. The number of hydrogen-bond donors (Lipinski definition) is 1. The monoisotopic (exact) mass is 379 g/mol. The number of carbonyl (C=O) groups is 2. The van der Waals surface area contributed by atoms with Gasteiger partial charge in [-0.2, -0.15) is 0 Å². The van der Waals surface area contributed by atoms with Crippen molar-refractivity contribution in [2.45, 2.75) is 64.1 Å². The molecule has 0 bridgehead atoms. The summed E-state index contributed by atoms with van der Waals surface area (Å²) in [5.74, 6) is -1.03. The summed E-state index contributed by atoms with van der Waals surface area (Å²) in [5.41, 5.74) is 0.870. The van der Waals surface area contributed by atoms with Gasteiger partial charge in [0.1, 0.15) is 6.61 Å². The van der Waals surface area contributed by atoms with Crippen LogP contribution in [0.1, 0.15) is 32.8 Å². The Kier molecular flexibility index (Phi) is 7.22. The van der Waals surface area contributed by atoms with E-state index < -0.39 is 32.5 Å². The maximum Gasteiger partial charge on any atom is 0.410 e. The minimum atomic E-state index is -1.95. The van der Waals surface area contributed by atoms with Gasteiger partial charge in [-0.05, 0) is 30.1 Å². The van der Waals surface area contributed by atoms with Crippen LogP contribution in [0.3, 0.4) is 0 Å². The van der Waals surface area contributed by atoms with Crippen LogP contribution < -0.4 is 0 Å². The smallest absolute Gasteiger partial charge is 0.410 e. The van der Waals surface area contributed by atoms with Gasteiger partial charge in [-0.25, -0.2) is 9.59 Å². The standard InChI is InChI=1S/C19H29NO5Si/c1-4-26(5-2,6-3)25-16-12-13-20(17(16)18(21)22)19(23)24-14-15-10-8-7-9-11-15/h7-11,16-17H,4-6,12-14H2,1-3H3,(H,21,22)/t16-,17-/m1/s1. The van der Waals surface area contributed by atoms with Crippen molar-refractivity contribution < 1.29 is 23.9 Å². The van der Waals surface area contributed by atoms with Gasteiger partial charge in [-0.3, -0.25) is 4.90 Å². The fourth-order valence-electron chi connectivity index (χ4n) is 3.51. The molecule has 144 valence electrons. The Morgan fingerprint density at radius 3 is 2.31 bits per heavy atom. The highest BCUT2D eigenvalue weighted by Crippen LogP contribution is 2.30. The minimum Gasteiger partial charge on any atom is -0.480 e. The highest BCUT2D eigenvalue weighted by atomic mass is 28.4. The Bertz CT molecular complexity index is 597. The fraction of sp³-hybridized carbons (Fsp3) is 0.579. The number of nitrogens with zero attached hydrogens (tertiary/aromatic N) is 1. The first kappa shape index (κ1) is 20.4. The first-order chi connectivity index (χ1) is 12.5. The van der Waals surface area contributed by atoms with E-state index in [-0.39, 0.29) is 6.61 Å². The molecule has 1 fully saturated rings. The molecule has 0 saturated carbocycles. The van der Waals surface area contributed by atoms with E-state index in [2.05, 4.69) is 20.8 Å². The molecule has 1 aromatic rings. The van der Waals surface area contributed by atoms with E-state index in [0.717, 1.165) is 23.7 Å². The molecule has 6 nitrogen and oxygen atoms in total. The van der Waals surface area contributed by atoms with Crippen molar-refractivity contribution in [2.24, 2.45) is 0 Å². The first-order valence-corrected chi connectivity index (χ1v) is 11.9. The number of benzene rings is 1. The molecule has 0 spiro atoms. The van der Waals surface area contributed by atoms with Crippen molar-refractivity contribution in [3.63, 3.8) is 0 Å². The topological polar surface area (TPSA) is 76.1 Å². The zero-order valence-corrected chi connectivity index (χ0v) is 16.8. The second-order valence-corrected chi connectivity index (χ2v) is 11.4. The molecule has 1 aliphatic heterocycles. The Balaban J connectivity index is 2.05. The number of hydrogen-bond acceptors (Lipinski definition) is 4. The molecule has 1 N–H and O–H groups in total. The molecule has 1 saturated heterocycles. The minimum absolute atomic E-state index is 0.131. The third-order valence-corrected chi connectivity index (χ3v) is 10.0. The lowest BCUT2D eigenvalue weighted by atomic mass is 10.2. The van der Waals surface area contributed by atoms with Crippen LogP contribution in [0.25, 0.3) is 0 Å². The Hall–Kier alpha value is -1.86. The predicted molar refractivity (Wildman–Crippen MR) is 101 cm³/mol. The Morgan fingerprint density at radius 1 is 1.15 bits per heavy atom. The van der Waals surface area contributed by atoms with E-state index in [1.165, 1.54) is 4.90 Å². The molecule has 1 aromatic carbocycles. The lowest BCUT2D eigenvalue weighted by Crippen LogP contribution is -2.50. The summed E-state index contributed by atoms with van der Waals surface area (Å²) in [6, 6.07) is 11.2. The molecule has 1 heterocycles. The predicted octanol–water partition coefficient (Wildman–Crippen LogP) is 3.87. The van der Waals surface area contributed by atoms with E-state index in [1.54, 1.807) is 0 Å². The van der Waals surface area contributed by atoms with E-state index in [9.17, 15) is 14.7 Å². The van der Waals surface area contributed by atoms with E-state index in [4.69, 9.17) is 9.16 Å². The molecule has 0 unspecified atom stereocenters. The van der Waals surface area contributed by atoms with Crippen LogP contribution in [0.5, 0.6) is 0 Å². The van der Waals surface area contributed by atoms with Gasteiger partial charge >= 0.3 is 12.1 Å². The average Bonchev–Trinajstić information content (AvgIpc) is 3.09. The number of likely N-dealkylation sites (tertiary alicyclic amines) is 1. The van der Waals surface area contributed by atoms with E-state index in [0.29, 0.717) is 13.0 Å². The molecule has 1 amide bonds. The highest BCUT2D eigenvalue weighted by Gasteiger charge is 2.46. The maximum absolute atomic E-state index is 12.4. The van der Waals surface area contributed by atoms with Crippen LogP contribution in [0.4, 0.5) is 4.79 Å². The molecule has 1 aliphatic rings. The Labute approximate surface area is 156 Å². The van der Waals surface area contributed by atoms with Gasteiger partial charge in [0.05, 0.1) is 6.10 Å². The number of carboxylic acids is 1. The highest BCUT2D eigenvalue weighted by molar-refractivity contribution is 6.73. The van der Waals surface area contributed by atoms with Crippen molar-refractivity contribution in [1.82, 2.24) is 4.90 Å². The normalized spacial score (nSPS) is 20.2. The number of ether oxygens (including phenoxy) is 1. The van der Waals surface area contributed by atoms with Crippen LogP contribution in [0.15, 0.2) is 30.3 Å². The number of rotatable bonds is 8. The second-order valence-electron chi connectivity index (χ2n) is 6.71. The molecule has 2 atom stereocenters. The van der Waals surface area contributed by atoms with E-state index >= 15 is 0 Å². The van der Waals surface area contributed by atoms with Gasteiger partial charge in [-0.1, -0.05) is 51.1 Å². The zero-order valence-electron chi connectivity index (χ0n) is 15.8. The van der Waals surface area contributed by atoms with Crippen LogP contribution in [-0.4, -0.2) is 49.1 Å². The van der Waals surface area contributed by atoms with Crippen LogP contribution in [-0.2, 0) is 20.6 Å². The summed E-state index contributed by atoms with van der Waals surface area (Å²) in [4.78, 5) is 25.6. The molecule has 0 radical (unpaired) electrons. The summed E-state index contributed by atoms with van der Waals surface area (Å²) >= 11 is 0. The number of amides is 1. The van der Waals surface area contributed by atoms with Crippen molar-refractivity contribution in [2.75, 3.05) is 6.54 Å². The third-order valence-electron chi connectivity index (χ3n) is 5.37. The molecular formula is C19H29NO5Si. The summed E-state index contributed by atoms with van der Waals surface area (Å²) in [6.45, 7) is 6.80. The van der Waals surface area contributed by atoms with Gasteiger partial charge in [0.25, 0.3) is 0 Å². The maximum atomic E-state index is 12.4. The Morgan fingerprint density at radius 2 is 1.77 bits per heavy atom. The van der Waals surface area contributed by atoms with Crippen molar-refractivity contribution in [3.05, 3.63) is 35.9 Å². The molecule has 0 aliphatic carbocycles. The molecule has 26 heavy (non-hydrogen) atoms. The van der Waals surface area contributed by atoms with Gasteiger partial charge in [-0.15, -0.1) is 0 Å². The zero-order chi connectivity index (χ0) is 19.2. The summed E-state index contributed by atoms with van der Waals surface area (Å²) < 4.78 is 11.7. The number of carboxylic acid groups (broad SMARTS) is 1. The lowest BCUT2D eigenvalue weighted by molar-refractivity contribution is -0.144. The van der Waals surface area contributed by atoms with Gasteiger partial charge < -0.3 is 14.3 Å². The van der Waals surface area contributed by atoms with Crippen molar-refractivity contribution >= 4 is 20.4 Å². The van der Waals surface area contributed by atoms with Crippen molar-refractivity contribution in [1.29, 1.82) is 0 Å². The SMILES string of the molecule is CC[Si](CC)(CC)O[C@@H]1CCN(C(=O)OCc2ccccc2)[C@H]1C(=O)O. The molecule has 2 rings (SSSR count). The summed E-state index contributed by atoms with van der Waals surface area (Å²) in [6.07, 6.45) is -0.515. The number of aliphatic carboxylic acids is 1. The molecule has 0 aromatic heterocycles. The van der Waals surface area contributed by atoms with Gasteiger partial charge in [0.2, 0.25) is 0 Å². The van der Waals surface area contributed by atoms with Gasteiger partial charge in [0.15, 0.2) is 14.4 Å². The summed E-state index contributed by atoms with van der Waals surface area (Å²) in [7, 11) is -1.95. The molecular weight excluding hydrogens is 350 g/mol. The first-order valence-electron chi connectivity index (χ1n) is 9.34. The van der Waals surface area contributed by atoms with Crippen LogP contribution in [0.2, 0.25) is 18.1 Å². The average molecular weight is 380 g/mol. The number of carbonyl (C=O) groups excluding carboxylic acids is 1. The van der Waals surface area contributed by atoms with Gasteiger partial charge in [0, 0.05) is 6.54 Å².